The quantitative estimate of drug-likeness (QED) is 0.884. The Labute approximate surface area is 111 Å². The van der Waals surface area contributed by atoms with Gasteiger partial charge in [-0.2, -0.15) is 0 Å². The van der Waals surface area contributed by atoms with Gasteiger partial charge in [-0.05, 0) is 30.7 Å². The van der Waals surface area contributed by atoms with Crippen LogP contribution in [0.1, 0.15) is 37.9 Å². The largest absolute Gasteiger partial charge is 0.370 e. The molecule has 0 bridgehead atoms. The molecule has 4 heteroatoms. The van der Waals surface area contributed by atoms with E-state index in [4.69, 9.17) is 4.98 Å². The number of nitrogens with zero attached hydrogens (tertiary/aromatic N) is 2. The van der Waals surface area contributed by atoms with Crippen molar-refractivity contribution in [1.29, 1.82) is 0 Å². The van der Waals surface area contributed by atoms with Crippen LogP contribution in [-0.2, 0) is 0 Å². The summed E-state index contributed by atoms with van der Waals surface area (Å²) >= 11 is 1.73. The molecule has 18 heavy (non-hydrogen) atoms. The van der Waals surface area contributed by atoms with Gasteiger partial charge >= 0.3 is 0 Å². The van der Waals surface area contributed by atoms with E-state index in [9.17, 15) is 0 Å². The average molecular weight is 259 g/mol. The Hall–Kier alpha value is -1.42. The monoisotopic (exact) mass is 259 g/mol. The van der Waals surface area contributed by atoms with Gasteiger partial charge in [-0.1, -0.05) is 13.0 Å². The second-order valence-electron chi connectivity index (χ2n) is 4.67. The zero-order valence-corrected chi connectivity index (χ0v) is 11.3. The molecule has 0 saturated heterocycles. The maximum Gasteiger partial charge on any atom is 0.134 e. The van der Waals surface area contributed by atoms with Crippen LogP contribution >= 0.6 is 11.3 Å². The van der Waals surface area contributed by atoms with E-state index < -0.39 is 0 Å². The Balaban J connectivity index is 1.94. The van der Waals surface area contributed by atoms with Crippen LogP contribution < -0.4 is 5.32 Å². The number of anilines is 1. The summed E-state index contributed by atoms with van der Waals surface area (Å²) in [7, 11) is 0. The number of rotatable bonds is 5. The van der Waals surface area contributed by atoms with Gasteiger partial charge in [0.25, 0.3) is 0 Å². The minimum Gasteiger partial charge on any atom is -0.370 e. The molecule has 2 aromatic heterocycles. The molecule has 3 nitrogen and oxygen atoms in total. The molecule has 94 valence electrons. The molecule has 0 radical (unpaired) electrons. The highest BCUT2D eigenvalue weighted by atomic mass is 32.1. The Morgan fingerprint density at radius 1 is 1.39 bits per heavy atom. The van der Waals surface area contributed by atoms with Crippen molar-refractivity contribution in [2.45, 2.75) is 32.1 Å². The summed E-state index contributed by atoms with van der Waals surface area (Å²) in [6, 6.07) is 6.25. The van der Waals surface area contributed by atoms with E-state index in [1.165, 1.54) is 17.7 Å². The van der Waals surface area contributed by atoms with Crippen molar-refractivity contribution in [2.24, 2.45) is 0 Å². The lowest BCUT2D eigenvalue weighted by Gasteiger charge is -2.08. The molecule has 0 unspecified atom stereocenters. The molecule has 2 aromatic rings. The topological polar surface area (TPSA) is 37.8 Å². The minimum atomic E-state index is 0.590. The van der Waals surface area contributed by atoms with Crippen molar-refractivity contribution in [3.63, 3.8) is 0 Å². The van der Waals surface area contributed by atoms with E-state index >= 15 is 0 Å². The van der Waals surface area contributed by atoms with Crippen LogP contribution in [0.5, 0.6) is 0 Å². The summed E-state index contributed by atoms with van der Waals surface area (Å²) in [6.45, 7) is 3.13. The van der Waals surface area contributed by atoms with Gasteiger partial charge < -0.3 is 5.32 Å². The average Bonchev–Trinajstić information content (AvgIpc) is 3.11. The van der Waals surface area contributed by atoms with Crippen molar-refractivity contribution in [2.75, 3.05) is 11.9 Å². The lowest BCUT2D eigenvalue weighted by atomic mass is 10.3. The second kappa shape index (κ2) is 5.06. The third-order valence-corrected chi connectivity index (χ3v) is 3.91. The number of thiophene rings is 1. The first-order valence-electron chi connectivity index (χ1n) is 6.53. The lowest BCUT2D eigenvalue weighted by molar-refractivity contribution is 0.912. The summed E-state index contributed by atoms with van der Waals surface area (Å²) in [5.41, 5.74) is 1.06. The highest BCUT2D eigenvalue weighted by molar-refractivity contribution is 7.13. The van der Waals surface area contributed by atoms with Gasteiger partial charge in [-0.3, -0.25) is 0 Å². The van der Waals surface area contributed by atoms with Crippen molar-refractivity contribution >= 4 is 17.2 Å². The Morgan fingerprint density at radius 2 is 2.28 bits per heavy atom. The van der Waals surface area contributed by atoms with Crippen molar-refractivity contribution in [1.82, 2.24) is 9.97 Å². The number of hydrogen-bond donors (Lipinski definition) is 1. The SMILES string of the molecule is CCCNc1cc(-c2cccs2)nc(C2CC2)n1. The van der Waals surface area contributed by atoms with E-state index in [2.05, 4.69) is 40.8 Å². The van der Waals surface area contributed by atoms with Crippen molar-refractivity contribution < 1.29 is 0 Å². The lowest BCUT2D eigenvalue weighted by Crippen LogP contribution is -2.05. The molecule has 0 spiro atoms. The zero-order valence-electron chi connectivity index (χ0n) is 10.5. The van der Waals surface area contributed by atoms with E-state index in [1.54, 1.807) is 11.3 Å². The predicted octanol–water partition coefficient (Wildman–Crippen LogP) is 3.90. The van der Waals surface area contributed by atoms with Crippen molar-refractivity contribution in [3.8, 4) is 10.6 Å². The van der Waals surface area contributed by atoms with Crippen LogP contribution in [0.3, 0.4) is 0 Å². The van der Waals surface area contributed by atoms with Crippen LogP contribution in [0, 0.1) is 0 Å². The molecule has 1 fully saturated rings. The fraction of sp³-hybridized carbons (Fsp3) is 0.429. The summed E-state index contributed by atoms with van der Waals surface area (Å²) in [6.07, 6.45) is 3.58. The highest BCUT2D eigenvalue weighted by Gasteiger charge is 2.27. The molecule has 3 rings (SSSR count). The Kier molecular flexibility index (Phi) is 3.28. The Morgan fingerprint density at radius 3 is 2.94 bits per heavy atom. The Bertz CT molecular complexity index is 518. The first-order valence-corrected chi connectivity index (χ1v) is 7.41. The smallest absolute Gasteiger partial charge is 0.134 e. The fourth-order valence-electron chi connectivity index (χ4n) is 1.88. The van der Waals surface area contributed by atoms with Crippen LogP contribution in [0.2, 0.25) is 0 Å². The maximum absolute atomic E-state index is 4.71. The third-order valence-electron chi connectivity index (χ3n) is 3.02. The fourth-order valence-corrected chi connectivity index (χ4v) is 2.57. The molecular weight excluding hydrogens is 242 g/mol. The number of hydrogen-bond acceptors (Lipinski definition) is 4. The first-order chi connectivity index (χ1) is 8.86. The highest BCUT2D eigenvalue weighted by Crippen LogP contribution is 2.39. The molecule has 1 saturated carbocycles. The standard InChI is InChI=1S/C14H17N3S/c1-2-7-15-13-9-11(12-4-3-8-18-12)16-14(17-13)10-5-6-10/h3-4,8-10H,2,5-7H2,1H3,(H,15,16,17). The zero-order chi connectivity index (χ0) is 12.4. The molecule has 1 N–H and O–H groups in total. The van der Waals surface area contributed by atoms with Gasteiger partial charge in [-0.15, -0.1) is 11.3 Å². The molecule has 1 aliphatic rings. The molecule has 0 aromatic carbocycles. The molecular formula is C14H17N3S. The van der Waals surface area contributed by atoms with Gasteiger partial charge in [0.15, 0.2) is 0 Å². The predicted molar refractivity (Wildman–Crippen MR) is 76.1 cm³/mol. The van der Waals surface area contributed by atoms with Crippen LogP contribution in [0.15, 0.2) is 23.6 Å². The van der Waals surface area contributed by atoms with Crippen LogP contribution in [-0.4, -0.2) is 16.5 Å². The number of aromatic nitrogens is 2. The molecule has 2 heterocycles. The van der Waals surface area contributed by atoms with Gasteiger partial charge in [0.05, 0.1) is 10.6 Å². The van der Waals surface area contributed by atoms with Gasteiger partial charge in [-0.25, -0.2) is 9.97 Å². The van der Waals surface area contributed by atoms with E-state index in [1.807, 2.05) is 0 Å². The third kappa shape index (κ3) is 2.53. The first kappa shape index (κ1) is 11.7. The summed E-state index contributed by atoms with van der Waals surface area (Å²) in [5.74, 6) is 2.57. The second-order valence-corrected chi connectivity index (χ2v) is 5.62. The van der Waals surface area contributed by atoms with Gasteiger partial charge in [0, 0.05) is 18.5 Å². The molecule has 0 amide bonds. The van der Waals surface area contributed by atoms with E-state index in [0.717, 1.165) is 30.3 Å². The van der Waals surface area contributed by atoms with Crippen LogP contribution in [0.4, 0.5) is 5.82 Å². The van der Waals surface area contributed by atoms with E-state index in [-0.39, 0.29) is 0 Å². The maximum atomic E-state index is 4.71. The molecule has 0 atom stereocenters. The van der Waals surface area contributed by atoms with Gasteiger partial charge in [0.1, 0.15) is 11.6 Å². The van der Waals surface area contributed by atoms with Crippen molar-refractivity contribution in [3.05, 3.63) is 29.4 Å². The van der Waals surface area contributed by atoms with E-state index in [0.29, 0.717) is 5.92 Å². The van der Waals surface area contributed by atoms with Crippen LogP contribution in [0.25, 0.3) is 10.6 Å². The summed E-state index contributed by atoms with van der Waals surface area (Å²) in [5, 5.41) is 5.46. The molecule has 0 aliphatic heterocycles. The normalized spacial score (nSPS) is 14.7. The summed E-state index contributed by atoms with van der Waals surface area (Å²) in [4.78, 5) is 10.6. The summed E-state index contributed by atoms with van der Waals surface area (Å²) < 4.78 is 0. The van der Waals surface area contributed by atoms with Gasteiger partial charge in [0.2, 0.25) is 0 Å². The minimum absolute atomic E-state index is 0.590. The number of nitrogens with one attached hydrogen (secondary N) is 1. The molecule has 1 aliphatic carbocycles.